The van der Waals surface area contributed by atoms with Gasteiger partial charge in [-0.1, -0.05) is 6.92 Å². The highest BCUT2D eigenvalue weighted by atomic mass is 16.5. The maximum atomic E-state index is 11.9. The lowest BCUT2D eigenvalue weighted by atomic mass is 10.2. The van der Waals surface area contributed by atoms with Crippen LogP contribution in [-0.4, -0.2) is 48.7 Å². The first-order valence-corrected chi connectivity index (χ1v) is 6.24. The van der Waals surface area contributed by atoms with Gasteiger partial charge < -0.3 is 19.5 Å². The second-order valence-electron chi connectivity index (χ2n) is 4.23. The largest absolute Gasteiger partial charge is 0.497 e. The van der Waals surface area contributed by atoms with Gasteiger partial charge in [-0.15, -0.1) is 0 Å². The number of hydrogen-bond donors (Lipinski definition) is 1. The Kier molecular flexibility index (Phi) is 5.83. The van der Waals surface area contributed by atoms with E-state index in [-0.39, 0.29) is 12.5 Å². The van der Waals surface area contributed by atoms with Gasteiger partial charge in [-0.2, -0.15) is 0 Å². The average molecular weight is 281 g/mol. The minimum Gasteiger partial charge on any atom is -0.497 e. The van der Waals surface area contributed by atoms with Crippen LogP contribution in [0.4, 0.5) is 0 Å². The first kappa shape index (κ1) is 15.8. The number of carbonyl (C=O) groups excluding carboxylic acids is 1. The second kappa shape index (κ2) is 7.37. The average Bonchev–Trinajstić information content (AvgIpc) is 2.45. The van der Waals surface area contributed by atoms with Crippen molar-refractivity contribution in [3.05, 3.63) is 24.3 Å². The Labute approximate surface area is 117 Å². The zero-order valence-electron chi connectivity index (χ0n) is 11.8. The number of likely N-dealkylation sites (N-methyl/N-ethyl adjacent to an activating group) is 1. The van der Waals surface area contributed by atoms with E-state index in [0.717, 1.165) is 0 Å². The molecule has 0 saturated carbocycles. The molecule has 0 saturated heterocycles. The smallest absolute Gasteiger partial charge is 0.326 e. The van der Waals surface area contributed by atoms with Crippen molar-refractivity contribution in [2.75, 3.05) is 20.8 Å². The van der Waals surface area contributed by atoms with E-state index in [2.05, 4.69) is 0 Å². The van der Waals surface area contributed by atoms with Crippen molar-refractivity contribution in [3.63, 3.8) is 0 Å². The van der Waals surface area contributed by atoms with Gasteiger partial charge in [-0.3, -0.25) is 4.79 Å². The second-order valence-corrected chi connectivity index (χ2v) is 4.23. The molecule has 1 rings (SSSR count). The van der Waals surface area contributed by atoms with Crippen molar-refractivity contribution in [1.29, 1.82) is 0 Å². The van der Waals surface area contributed by atoms with Gasteiger partial charge in [0.1, 0.15) is 17.5 Å². The van der Waals surface area contributed by atoms with E-state index in [1.165, 1.54) is 11.9 Å². The van der Waals surface area contributed by atoms with Crippen LogP contribution in [0, 0.1) is 0 Å². The molecule has 0 aliphatic carbocycles. The molecule has 1 unspecified atom stereocenters. The van der Waals surface area contributed by atoms with Crippen molar-refractivity contribution < 1.29 is 24.2 Å². The van der Waals surface area contributed by atoms with E-state index < -0.39 is 12.0 Å². The van der Waals surface area contributed by atoms with E-state index in [0.29, 0.717) is 17.9 Å². The molecule has 0 radical (unpaired) electrons. The van der Waals surface area contributed by atoms with Gasteiger partial charge in [0.15, 0.2) is 6.61 Å². The van der Waals surface area contributed by atoms with Crippen molar-refractivity contribution in [2.45, 2.75) is 19.4 Å². The van der Waals surface area contributed by atoms with Crippen LogP contribution >= 0.6 is 0 Å². The highest BCUT2D eigenvalue weighted by molar-refractivity contribution is 5.84. The van der Waals surface area contributed by atoms with Gasteiger partial charge in [0.05, 0.1) is 7.11 Å². The number of ether oxygens (including phenoxy) is 2. The minimum absolute atomic E-state index is 0.202. The first-order valence-electron chi connectivity index (χ1n) is 6.24. The number of aliphatic carboxylic acids is 1. The van der Waals surface area contributed by atoms with Crippen molar-refractivity contribution in [3.8, 4) is 11.5 Å². The Balaban J connectivity index is 2.55. The quantitative estimate of drug-likeness (QED) is 0.817. The summed E-state index contributed by atoms with van der Waals surface area (Å²) in [5, 5.41) is 8.99. The summed E-state index contributed by atoms with van der Waals surface area (Å²) in [5.41, 5.74) is 0. The standard InChI is InChI=1S/C14H19NO5/c1-4-12(14(17)18)15(2)13(16)9-20-11-7-5-10(19-3)6-8-11/h5-8,12H,4,9H2,1-3H3,(H,17,18). The van der Waals surface area contributed by atoms with Crippen LogP contribution in [0.2, 0.25) is 0 Å². The number of amides is 1. The van der Waals surface area contributed by atoms with E-state index >= 15 is 0 Å². The van der Waals surface area contributed by atoms with Gasteiger partial charge >= 0.3 is 5.97 Å². The minimum atomic E-state index is -1.02. The number of carboxylic acid groups (broad SMARTS) is 1. The molecule has 1 N–H and O–H groups in total. The summed E-state index contributed by atoms with van der Waals surface area (Å²) in [7, 11) is 3.02. The molecular weight excluding hydrogens is 262 g/mol. The van der Waals surface area contributed by atoms with Crippen LogP contribution in [0.1, 0.15) is 13.3 Å². The molecule has 0 heterocycles. The monoisotopic (exact) mass is 281 g/mol. The van der Waals surface area contributed by atoms with E-state index in [1.807, 2.05) is 0 Å². The van der Waals surface area contributed by atoms with E-state index in [9.17, 15) is 9.59 Å². The summed E-state index contributed by atoms with van der Waals surface area (Å²) < 4.78 is 10.3. The maximum absolute atomic E-state index is 11.9. The van der Waals surface area contributed by atoms with Crippen LogP contribution in [0.15, 0.2) is 24.3 Å². The van der Waals surface area contributed by atoms with Crippen LogP contribution in [0.25, 0.3) is 0 Å². The molecule has 1 atom stereocenters. The van der Waals surface area contributed by atoms with Crippen molar-refractivity contribution in [1.82, 2.24) is 4.90 Å². The lowest BCUT2D eigenvalue weighted by molar-refractivity contribution is -0.149. The van der Waals surface area contributed by atoms with Gasteiger partial charge in [-0.05, 0) is 30.7 Å². The lowest BCUT2D eigenvalue weighted by Crippen LogP contribution is -2.44. The van der Waals surface area contributed by atoms with E-state index in [4.69, 9.17) is 14.6 Å². The fraction of sp³-hybridized carbons (Fsp3) is 0.429. The normalized spacial score (nSPS) is 11.6. The molecule has 0 aliphatic rings. The first-order chi connectivity index (χ1) is 9.49. The van der Waals surface area contributed by atoms with Gasteiger partial charge in [0.2, 0.25) is 0 Å². The van der Waals surface area contributed by atoms with Crippen molar-refractivity contribution >= 4 is 11.9 Å². The predicted octanol–water partition coefficient (Wildman–Crippen LogP) is 1.40. The molecule has 0 bridgehead atoms. The van der Waals surface area contributed by atoms with Crippen LogP contribution < -0.4 is 9.47 Å². The molecular formula is C14H19NO5. The lowest BCUT2D eigenvalue weighted by Gasteiger charge is -2.23. The Morgan fingerprint density at radius 1 is 1.25 bits per heavy atom. The molecule has 6 nitrogen and oxygen atoms in total. The van der Waals surface area contributed by atoms with Crippen molar-refractivity contribution in [2.24, 2.45) is 0 Å². The molecule has 1 amide bonds. The number of benzene rings is 1. The third-order valence-corrected chi connectivity index (χ3v) is 2.95. The van der Waals surface area contributed by atoms with Gasteiger partial charge in [0.25, 0.3) is 5.91 Å². The van der Waals surface area contributed by atoms with Crippen LogP contribution in [-0.2, 0) is 9.59 Å². The Morgan fingerprint density at radius 2 is 1.80 bits per heavy atom. The third kappa shape index (κ3) is 4.15. The summed E-state index contributed by atoms with van der Waals surface area (Å²) in [6.07, 6.45) is 0.347. The molecule has 1 aromatic rings. The summed E-state index contributed by atoms with van der Waals surface area (Å²) >= 11 is 0. The Bertz CT molecular complexity index is 457. The number of nitrogens with zero attached hydrogens (tertiary/aromatic N) is 1. The fourth-order valence-corrected chi connectivity index (χ4v) is 1.71. The number of carbonyl (C=O) groups is 2. The zero-order chi connectivity index (χ0) is 15.1. The molecule has 0 fully saturated rings. The Hall–Kier alpha value is -2.24. The number of carboxylic acids is 1. The Morgan fingerprint density at radius 3 is 2.25 bits per heavy atom. The highest BCUT2D eigenvalue weighted by Gasteiger charge is 2.24. The van der Waals surface area contributed by atoms with Gasteiger partial charge in [-0.25, -0.2) is 4.79 Å². The summed E-state index contributed by atoms with van der Waals surface area (Å²) in [5.74, 6) is -0.184. The fourth-order valence-electron chi connectivity index (χ4n) is 1.71. The zero-order valence-corrected chi connectivity index (χ0v) is 11.8. The molecule has 0 aliphatic heterocycles. The highest BCUT2D eigenvalue weighted by Crippen LogP contribution is 2.17. The van der Waals surface area contributed by atoms with E-state index in [1.54, 1.807) is 38.3 Å². The summed E-state index contributed by atoms with van der Waals surface area (Å²) in [6, 6.07) is 5.97. The maximum Gasteiger partial charge on any atom is 0.326 e. The number of rotatable bonds is 7. The molecule has 110 valence electrons. The molecule has 20 heavy (non-hydrogen) atoms. The summed E-state index contributed by atoms with van der Waals surface area (Å²) in [4.78, 5) is 24.0. The number of hydrogen-bond acceptors (Lipinski definition) is 4. The van der Waals surface area contributed by atoms with Gasteiger partial charge in [0, 0.05) is 7.05 Å². The molecule has 1 aromatic carbocycles. The predicted molar refractivity (Wildman–Crippen MR) is 73.0 cm³/mol. The third-order valence-electron chi connectivity index (χ3n) is 2.95. The molecule has 0 spiro atoms. The molecule has 0 aromatic heterocycles. The van der Waals surface area contributed by atoms with Crippen LogP contribution in [0.3, 0.4) is 0 Å². The topological polar surface area (TPSA) is 76.1 Å². The number of methoxy groups -OCH3 is 1. The van der Waals surface area contributed by atoms with Crippen LogP contribution in [0.5, 0.6) is 11.5 Å². The summed E-state index contributed by atoms with van der Waals surface area (Å²) in [6.45, 7) is 1.51. The SMILES string of the molecule is CCC(C(=O)O)N(C)C(=O)COc1ccc(OC)cc1. The molecule has 6 heteroatoms.